The second-order valence-corrected chi connectivity index (χ2v) is 11.1. The van der Waals surface area contributed by atoms with E-state index in [4.69, 9.17) is 5.73 Å². The van der Waals surface area contributed by atoms with Crippen molar-refractivity contribution in [3.05, 3.63) is 185 Å². The summed E-state index contributed by atoms with van der Waals surface area (Å²) in [4.78, 5) is 0. The Morgan fingerprint density at radius 2 is 1.23 bits per heavy atom. The molecule has 0 fully saturated rings. The average molecular weight is 551 g/mol. The minimum Gasteiger partial charge on any atom is -0.404 e. The number of fused-ring (bicyclic) bond motifs is 5. The van der Waals surface area contributed by atoms with Gasteiger partial charge in [0.1, 0.15) is 0 Å². The van der Waals surface area contributed by atoms with Crippen LogP contribution in [-0.2, 0) is 5.41 Å². The van der Waals surface area contributed by atoms with E-state index in [1.807, 2.05) is 13.0 Å². The molecule has 0 bridgehead atoms. The summed E-state index contributed by atoms with van der Waals surface area (Å²) in [6, 6.07) is 52.3. The van der Waals surface area contributed by atoms with E-state index in [9.17, 15) is 5.26 Å². The molecule has 6 aromatic carbocycles. The number of nitrogens with zero attached hydrogens (tertiary/aromatic N) is 1. The van der Waals surface area contributed by atoms with E-state index < -0.39 is 5.41 Å². The summed E-state index contributed by atoms with van der Waals surface area (Å²) in [5.74, 6) is 0. The molecule has 0 aromatic heterocycles. The van der Waals surface area contributed by atoms with Crippen LogP contribution in [0.1, 0.15) is 34.7 Å². The van der Waals surface area contributed by atoms with Crippen LogP contribution in [-0.4, -0.2) is 0 Å². The summed E-state index contributed by atoms with van der Waals surface area (Å²) in [5, 5.41) is 11.9. The number of nitrogens with two attached hydrogens (primary N) is 1. The van der Waals surface area contributed by atoms with Crippen molar-refractivity contribution in [2.75, 3.05) is 0 Å². The largest absolute Gasteiger partial charge is 0.404 e. The van der Waals surface area contributed by atoms with Crippen molar-refractivity contribution in [2.45, 2.75) is 12.3 Å². The molecule has 1 aliphatic rings. The topological polar surface area (TPSA) is 49.8 Å². The van der Waals surface area contributed by atoms with Gasteiger partial charge in [0.2, 0.25) is 0 Å². The molecule has 2 nitrogen and oxygen atoms in total. The number of rotatable bonds is 5. The van der Waals surface area contributed by atoms with Gasteiger partial charge in [-0.2, -0.15) is 5.26 Å². The fraction of sp³-hybridized carbons (Fsp3) is 0.0488. The first-order valence-corrected chi connectivity index (χ1v) is 14.5. The van der Waals surface area contributed by atoms with Crippen molar-refractivity contribution in [1.82, 2.24) is 0 Å². The Balaban J connectivity index is 1.68. The standard InChI is InChI=1S/C41H30N2/c1-28(26-42)23-31(27-43)37-25-39-40(35-20-12-11-19-34(35)37)36-22-21-30(29-13-5-2-6-14-29)24-38(36)41(39,32-15-7-3-8-16-32)33-17-9-4-10-18-33/h2-25,27H,43H2,1H3/b28-23+,31-27+. The molecule has 0 saturated heterocycles. The lowest BCUT2D eigenvalue weighted by atomic mass is 9.67. The van der Waals surface area contributed by atoms with Gasteiger partial charge < -0.3 is 5.73 Å². The van der Waals surface area contributed by atoms with Crippen LogP contribution in [0.3, 0.4) is 0 Å². The molecule has 0 spiro atoms. The van der Waals surface area contributed by atoms with Gasteiger partial charge >= 0.3 is 0 Å². The zero-order valence-electron chi connectivity index (χ0n) is 24.0. The van der Waals surface area contributed by atoms with E-state index in [2.05, 4.69) is 146 Å². The van der Waals surface area contributed by atoms with Crippen molar-refractivity contribution < 1.29 is 0 Å². The van der Waals surface area contributed by atoms with Crippen LogP contribution in [0.5, 0.6) is 0 Å². The molecule has 1 aliphatic carbocycles. The minimum atomic E-state index is -0.579. The molecule has 6 aromatic rings. The zero-order valence-corrected chi connectivity index (χ0v) is 24.0. The van der Waals surface area contributed by atoms with Crippen molar-refractivity contribution in [1.29, 1.82) is 5.26 Å². The molecular formula is C41H30N2. The van der Waals surface area contributed by atoms with Gasteiger partial charge in [0, 0.05) is 11.8 Å². The average Bonchev–Trinajstić information content (AvgIpc) is 3.38. The van der Waals surface area contributed by atoms with Gasteiger partial charge in [-0.25, -0.2) is 0 Å². The third-order valence-corrected chi connectivity index (χ3v) is 8.70. The molecular weight excluding hydrogens is 520 g/mol. The van der Waals surface area contributed by atoms with Gasteiger partial charge in [-0.3, -0.25) is 0 Å². The van der Waals surface area contributed by atoms with Crippen molar-refractivity contribution in [3.63, 3.8) is 0 Å². The molecule has 0 atom stereocenters. The second kappa shape index (κ2) is 10.6. The van der Waals surface area contributed by atoms with Gasteiger partial charge in [-0.05, 0) is 91.5 Å². The molecule has 2 N–H and O–H groups in total. The Hall–Kier alpha value is -5.65. The maximum absolute atomic E-state index is 9.63. The van der Waals surface area contributed by atoms with Crippen LogP contribution >= 0.6 is 0 Å². The highest BCUT2D eigenvalue weighted by Crippen LogP contribution is 2.59. The Labute approximate surface area is 252 Å². The quantitative estimate of drug-likeness (QED) is 0.171. The Morgan fingerprint density at radius 3 is 1.84 bits per heavy atom. The number of nitriles is 1. The normalized spacial score (nSPS) is 13.8. The molecule has 0 amide bonds. The zero-order chi connectivity index (χ0) is 29.4. The van der Waals surface area contributed by atoms with Crippen LogP contribution in [0.2, 0.25) is 0 Å². The van der Waals surface area contributed by atoms with Gasteiger partial charge in [0.05, 0.1) is 11.5 Å². The van der Waals surface area contributed by atoms with E-state index in [1.54, 1.807) is 6.20 Å². The molecule has 2 heteroatoms. The van der Waals surface area contributed by atoms with Crippen LogP contribution in [0.25, 0.3) is 38.6 Å². The third-order valence-electron chi connectivity index (χ3n) is 8.70. The minimum absolute atomic E-state index is 0.579. The summed E-state index contributed by atoms with van der Waals surface area (Å²) < 4.78 is 0. The summed E-state index contributed by atoms with van der Waals surface area (Å²) in [7, 11) is 0. The van der Waals surface area contributed by atoms with Crippen LogP contribution < -0.4 is 5.73 Å². The maximum Gasteiger partial charge on any atom is 0.0944 e. The van der Waals surface area contributed by atoms with E-state index in [-0.39, 0.29) is 0 Å². The Bertz CT molecular complexity index is 2040. The number of allylic oxidation sites excluding steroid dienone is 3. The predicted octanol–water partition coefficient (Wildman–Crippen LogP) is 9.64. The Morgan fingerprint density at radius 1 is 0.651 bits per heavy atom. The van der Waals surface area contributed by atoms with E-state index in [0.717, 1.165) is 16.5 Å². The maximum atomic E-state index is 9.63. The van der Waals surface area contributed by atoms with Crippen LogP contribution in [0, 0.1) is 11.3 Å². The third kappa shape index (κ3) is 4.09. The van der Waals surface area contributed by atoms with Gasteiger partial charge in [0.25, 0.3) is 0 Å². The van der Waals surface area contributed by atoms with Crippen molar-refractivity contribution in [2.24, 2.45) is 5.73 Å². The van der Waals surface area contributed by atoms with Gasteiger partial charge in [0.15, 0.2) is 0 Å². The summed E-state index contributed by atoms with van der Waals surface area (Å²) in [5.41, 5.74) is 17.9. The molecule has 204 valence electrons. The molecule has 43 heavy (non-hydrogen) atoms. The molecule has 0 aliphatic heterocycles. The van der Waals surface area contributed by atoms with Crippen LogP contribution in [0.15, 0.2) is 157 Å². The first-order valence-electron chi connectivity index (χ1n) is 14.5. The molecule has 0 radical (unpaired) electrons. The second-order valence-electron chi connectivity index (χ2n) is 11.1. The fourth-order valence-corrected chi connectivity index (χ4v) is 6.87. The summed E-state index contributed by atoms with van der Waals surface area (Å²) in [6.45, 7) is 1.82. The highest BCUT2D eigenvalue weighted by molar-refractivity contribution is 6.09. The lowest BCUT2D eigenvalue weighted by Crippen LogP contribution is -2.28. The molecule has 7 rings (SSSR count). The highest BCUT2D eigenvalue weighted by atomic mass is 14.5. The monoisotopic (exact) mass is 550 g/mol. The molecule has 0 saturated carbocycles. The first kappa shape index (κ1) is 26.3. The Kier molecular flexibility index (Phi) is 6.50. The van der Waals surface area contributed by atoms with Crippen LogP contribution in [0.4, 0.5) is 0 Å². The van der Waals surface area contributed by atoms with E-state index in [0.29, 0.717) is 5.57 Å². The smallest absolute Gasteiger partial charge is 0.0944 e. The molecule has 0 unspecified atom stereocenters. The van der Waals surface area contributed by atoms with Crippen molar-refractivity contribution >= 4 is 16.3 Å². The predicted molar refractivity (Wildman–Crippen MR) is 178 cm³/mol. The first-order chi connectivity index (χ1) is 21.2. The van der Waals surface area contributed by atoms with Gasteiger partial charge in [-0.15, -0.1) is 0 Å². The van der Waals surface area contributed by atoms with E-state index in [1.165, 1.54) is 49.9 Å². The van der Waals surface area contributed by atoms with Gasteiger partial charge in [-0.1, -0.05) is 127 Å². The number of benzene rings is 6. The lowest BCUT2D eigenvalue weighted by molar-refractivity contribution is 0.769. The SMILES string of the molecule is C/C(C#N)=C\C(=C/N)c1cc2c(c3ccccc13)-c1ccc(-c3ccccc3)cc1C2(c1ccccc1)c1ccccc1. The highest BCUT2D eigenvalue weighted by Gasteiger charge is 2.47. The summed E-state index contributed by atoms with van der Waals surface area (Å²) in [6.07, 6.45) is 3.51. The summed E-state index contributed by atoms with van der Waals surface area (Å²) >= 11 is 0. The number of hydrogen-bond acceptors (Lipinski definition) is 2. The lowest BCUT2D eigenvalue weighted by Gasteiger charge is -2.34. The molecule has 0 heterocycles. The number of hydrogen-bond donors (Lipinski definition) is 1. The van der Waals surface area contributed by atoms with Crippen molar-refractivity contribution in [3.8, 4) is 28.3 Å². The van der Waals surface area contributed by atoms with E-state index >= 15 is 0 Å². The fourth-order valence-electron chi connectivity index (χ4n) is 6.87.